The summed E-state index contributed by atoms with van der Waals surface area (Å²) in [5.74, 6) is 1.41. The van der Waals surface area contributed by atoms with Gasteiger partial charge in [0.05, 0.1) is 0 Å². The number of nitrogens with zero attached hydrogens (tertiary/aromatic N) is 3. The first-order valence-electron chi connectivity index (χ1n) is 4.48. The molecule has 0 radical (unpaired) electrons. The highest BCUT2D eigenvalue weighted by atomic mass is 35.5. The van der Waals surface area contributed by atoms with Crippen molar-refractivity contribution in [1.82, 2.24) is 15.0 Å². The van der Waals surface area contributed by atoms with Gasteiger partial charge < -0.3 is 5.32 Å². The van der Waals surface area contributed by atoms with Crippen molar-refractivity contribution in [3.8, 4) is 0 Å². The number of halogens is 2. The average Bonchev–Trinajstić information content (AvgIpc) is 2.15. The van der Waals surface area contributed by atoms with Crippen LogP contribution in [-0.4, -0.2) is 33.0 Å². The lowest BCUT2D eigenvalue weighted by Crippen LogP contribution is -2.22. The van der Waals surface area contributed by atoms with E-state index >= 15 is 0 Å². The Hall–Kier alpha value is -0.260. The van der Waals surface area contributed by atoms with Crippen LogP contribution in [0.25, 0.3) is 0 Å². The molecule has 0 saturated carbocycles. The van der Waals surface area contributed by atoms with Crippen LogP contribution in [0.3, 0.4) is 0 Å². The molecule has 0 aliphatic rings. The van der Waals surface area contributed by atoms with Gasteiger partial charge in [-0.1, -0.05) is 6.92 Å². The molecule has 1 aromatic rings. The van der Waals surface area contributed by atoms with Crippen LogP contribution in [0.1, 0.15) is 13.3 Å². The highest BCUT2D eigenvalue weighted by Crippen LogP contribution is 2.12. The van der Waals surface area contributed by atoms with Crippen LogP contribution in [0.4, 0.5) is 5.95 Å². The summed E-state index contributed by atoms with van der Waals surface area (Å²) in [6, 6.07) is 0.314. The third-order valence-corrected chi connectivity index (χ3v) is 2.85. The van der Waals surface area contributed by atoms with E-state index in [0.29, 0.717) is 12.0 Å². The third-order valence-electron chi connectivity index (χ3n) is 1.77. The Morgan fingerprint density at radius 2 is 1.87 bits per heavy atom. The maximum Gasteiger partial charge on any atom is 0.228 e. The maximum absolute atomic E-state index is 5.66. The number of hydrogen-bond donors (Lipinski definition) is 1. The van der Waals surface area contributed by atoms with Gasteiger partial charge in [0.2, 0.25) is 16.5 Å². The summed E-state index contributed by atoms with van der Waals surface area (Å²) >= 11 is 13.1. The van der Waals surface area contributed by atoms with Crippen LogP contribution in [0, 0.1) is 0 Å². The Bertz CT molecular complexity index is 303. The highest BCUT2D eigenvalue weighted by molar-refractivity contribution is 7.98. The fourth-order valence-electron chi connectivity index (χ4n) is 1.04. The zero-order valence-corrected chi connectivity index (χ0v) is 10.8. The summed E-state index contributed by atoms with van der Waals surface area (Å²) in [6.45, 7) is 2.10. The van der Waals surface area contributed by atoms with Crippen LogP contribution in [0.2, 0.25) is 10.6 Å². The van der Waals surface area contributed by atoms with E-state index in [1.54, 1.807) is 11.8 Å². The van der Waals surface area contributed by atoms with E-state index in [1.807, 2.05) is 0 Å². The molecule has 1 unspecified atom stereocenters. The van der Waals surface area contributed by atoms with E-state index in [-0.39, 0.29) is 10.6 Å². The molecule has 0 fully saturated rings. The molecule has 0 aliphatic carbocycles. The summed E-state index contributed by atoms with van der Waals surface area (Å²) in [4.78, 5) is 11.6. The van der Waals surface area contributed by atoms with E-state index in [4.69, 9.17) is 23.2 Å². The van der Waals surface area contributed by atoms with Crippen LogP contribution in [0.5, 0.6) is 0 Å². The molecule has 15 heavy (non-hydrogen) atoms. The number of nitrogens with one attached hydrogen (secondary N) is 1. The molecule has 4 nitrogen and oxygen atoms in total. The second kappa shape index (κ2) is 6.35. The Morgan fingerprint density at radius 1 is 1.27 bits per heavy atom. The quantitative estimate of drug-likeness (QED) is 0.888. The number of hydrogen-bond acceptors (Lipinski definition) is 5. The zero-order valence-electron chi connectivity index (χ0n) is 8.50. The number of aromatic nitrogens is 3. The van der Waals surface area contributed by atoms with Gasteiger partial charge in [0.1, 0.15) is 0 Å². The van der Waals surface area contributed by atoms with Crippen molar-refractivity contribution >= 4 is 40.9 Å². The van der Waals surface area contributed by atoms with E-state index in [1.165, 1.54) is 0 Å². The predicted octanol–water partition coefficient (Wildman–Crippen LogP) is 2.73. The van der Waals surface area contributed by atoms with Crippen LogP contribution >= 0.6 is 35.0 Å². The summed E-state index contributed by atoms with van der Waals surface area (Å²) < 4.78 is 0. The van der Waals surface area contributed by atoms with Crippen molar-refractivity contribution in [2.75, 3.05) is 17.3 Å². The van der Waals surface area contributed by atoms with E-state index in [9.17, 15) is 0 Å². The Labute approximate surface area is 103 Å². The summed E-state index contributed by atoms with van der Waals surface area (Å²) in [5, 5.41) is 3.38. The molecule has 0 spiro atoms. The summed E-state index contributed by atoms with van der Waals surface area (Å²) in [7, 11) is 0. The normalized spacial score (nSPS) is 12.5. The molecule has 1 heterocycles. The van der Waals surface area contributed by atoms with Gasteiger partial charge in [-0.2, -0.15) is 26.7 Å². The SMILES string of the molecule is CCC(CSC)Nc1nc(Cl)nc(Cl)n1. The highest BCUT2D eigenvalue weighted by Gasteiger charge is 2.08. The van der Waals surface area contributed by atoms with Gasteiger partial charge in [-0.15, -0.1) is 0 Å². The number of anilines is 1. The van der Waals surface area contributed by atoms with Gasteiger partial charge >= 0.3 is 0 Å². The second-order valence-electron chi connectivity index (χ2n) is 2.90. The van der Waals surface area contributed by atoms with Gasteiger partial charge in [0.25, 0.3) is 0 Å². The van der Waals surface area contributed by atoms with Crippen molar-refractivity contribution in [1.29, 1.82) is 0 Å². The molecule has 1 aromatic heterocycles. The first-order chi connectivity index (χ1) is 7.15. The minimum Gasteiger partial charge on any atom is -0.351 e. The van der Waals surface area contributed by atoms with Gasteiger partial charge in [-0.05, 0) is 35.9 Å². The molecular formula is C8H12Cl2N4S. The molecule has 1 atom stereocenters. The average molecular weight is 267 g/mol. The molecule has 1 N–H and O–H groups in total. The summed E-state index contributed by atoms with van der Waals surface area (Å²) in [5.41, 5.74) is 0. The van der Waals surface area contributed by atoms with E-state index in [0.717, 1.165) is 12.2 Å². The molecule has 0 aliphatic heterocycles. The minimum atomic E-state index is 0.108. The number of thioether (sulfide) groups is 1. The monoisotopic (exact) mass is 266 g/mol. The molecular weight excluding hydrogens is 255 g/mol. The molecule has 0 amide bonds. The van der Waals surface area contributed by atoms with Crippen molar-refractivity contribution < 1.29 is 0 Å². The van der Waals surface area contributed by atoms with Gasteiger partial charge in [-0.3, -0.25) is 0 Å². The number of rotatable bonds is 5. The minimum absolute atomic E-state index is 0.108. The maximum atomic E-state index is 5.66. The van der Waals surface area contributed by atoms with Crippen molar-refractivity contribution in [2.45, 2.75) is 19.4 Å². The van der Waals surface area contributed by atoms with Gasteiger partial charge in [0.15, 0.2) is 0 Å². The predicted molar refractivity (Wildman–Crippen MR) is 65.9 cm³/mol. The summed E-state index contributed by atoms with van der Waals surface area (Å²) in [6.07, 6.45) is 3.04. The van der Waals surface area contributed by atoms with E-state index in [2.05, 4.69) is 33.4 Å². The molecule has 7 heteroatoms. The molecule has 0 saturated heterocycles. The molecule has 0 bridgehead atoms. The molecule has 0 aromatic carbocycles. The Kier molecular flexibility index (Phi) is 5.42. The van der Waals surface area contributed by atoms with Gasteiger partial charge in [0, 0.05) is 11.8 Å². The molecule has 84 valence electrons. The fraction of sp³-hybridized carbons (Fsp3) is 0.625. The fourth-order valence-corrected chi connectivity index (χ4v) is 2.12. The van der Waals surface area contributed by atoms with Crippen LogP contribution in [-0.2, 0) is 0 Å². The van der Waals surface area contributed by atoms with Crippen LogP contribution < -0.4 is 5.32 Å². The molecule has 1 rings (SSSR count). The Morgan fingerprint density at radius 3 is 2.33 bits per heavy atom. The van der Waals surface area contributed by atoms with Crippen molar-refractivity contribution in [3.05, 3.63) is 10.6 Å². The first-order valence-corrected chi connectivity index (χ1v) is 6.63. The zero-order chi connectivity index (χ0) is 11.3. The van der Waals surface area contributed by atoms with Crippen molar-refractivity contribution in [2.24, 2.45) is 0 Å². The lowest BCUT2D eigenvalue weighted by atomic mass is 10.3. The lowest BCUT2D eigenvalue weighted by Gasteiger charge is -2.15. The Balaban J connectivity index is 2.69. The third kappa shape index (κ3) is 4.40. The standard InChI is InChI=1S/C8H12Cl2N4S/c1-3-5(4-15-2)11-8-13-6(9)12-7(10)14-8/h5H,3-4H2,1-2H3,(H,11,12,13,14). The first kappa shape index (κ1) is 12.8. The lowest BCUT2D eigenvalue weighted by molar-refractivity contribution is 0.761. The smallest absolute Gasteiger partial charge is 0.228 e. The largest absolute Gasteiger partial charge is 0.351 e. The van der Waals surface area contributed by atoms with Gasteiger partial charge in [-0.25, -0.2) is 0 Å². The van der Waals surface area contributed by atoms with Crippen LogP contribution in [0.15, 0.2) is 0 Å². The topological polar surface area (TPSA) is 50.7 Å². The van der Waals surface area contributed by atoms with E-state index < -0.39 is 0 Å². The second-order valence-corrected chi connectivity index (χ2v) is 4.49. The van der Waals surface area contributed by atoms with Crippen molar-refractivity contribution in [3.63, 3.8) is 0 Å².